The van der Waals surface area contributed by atoms with Crippen molar-refractivity contribution in [2.75, 3.05) is 12.4 Å². The first-order chi connectivity index (χ1) is 13.6. The van der Waals surface area contributed by atoms with Crippen molar-refractivity contribution in [1.29, 1.82) is 0 Å². The van der Waals surface area contributed by atoms with Crippen LogP contribution in [0.5, 0.6) is 0 Å². The molecule has 2 heterocycles. The number of aryl methyl sites for hydroxylation is 1. The van der Waals surface area contributed by atoms with E-state index in [4.69, 9.17) is 0 Å². The minimum Gasteiger partial charge on any atom is -0.382 e. The Balaban J connectivity index is 1.65. The highest BCUT2D eigenvalue weighted by molar-refractivity contribution is 7.13. The average Bonchev–Trinajstić information content (AvgIpc) is 3.26. The second-order valence-corrected chi connectivity index (χ2v) is 8.25. The Kier molecular flexibility index (Phi) is 5.17. The molecule has 1 aliphatic rings. The van der Waals surface area contributed by atoms with Crippen molar-refractivity contribution < 1.29 is 4.79 Å². The molecule has 1 aliphatic carbocycles. The number of hydrogen-bond acceptors (Lipinski definition) is 5. The highest BCUT2D eigenvalue weighted by Crippen LogP contribution is 2.32. The van der Waals surface area contributed by atoms with Crippen LogP contribution < -0.4 is 16.2 Å². The Morgan fingerprint density at radius 2 is 2.00 bits per heavy atom. The number of fused-ring (bicyclic) bond motifs is 1. The number of pyridine rings is 1. The smallest absolute Gasteiger partial charge is 0.252 e. The molecule has 1 aromatic carbocycles. The van der Waals surface area contributed by atoms with Crippen molar-refractivity contribution in [1.82, 2.24) is 14.9 Å². The highest BCUT2D eigenvalue weighted by atomic mass is 32.1. The summed E-state index contributed by atoms with van der Waals surface area (Å²) in [5, 5.41) is 7.36. The van der Waals surface area contributed by atoms with E-state index in [-0.39, 0.29) is 23.4 Å². The lowest BCUT2D eigenvalue weighted by Gasteiger charge is -2.29. The van der Waals surface area contributed by atoms with Crippen LogP contribution in [0.25, 0.3) is 21.3 Å². The fraction of sp³-hybridized carbons (Fsp3) is 0.381. The third kappa shape index (κ3) is 3.54. The number of benzene rings is 1. The Labute approximate surface area is 167 Å². The van der Waals surface area contributed by atoms with Gasteiger partial charge in [0.15, 0.2) is 0 Å². The Hall–Kier alpha value is -2.67. The summed E-state index contributed by atoms with van der Waals surface area (Å²) in [6.45, 7) is 0. The number of aromatic nitrogens is 2. The van der Waals surface area contributed by atoms with Crippen LogP contribution in [0.2, 0.25) is 0 Å². The predicted molar refractivity (Wildman–Crippen MR) is 114 cm³/mol. The van der Waals surface area contributed by atoms with Gasteiger partial charge in [-0.3, -0.25) is 14.6 Å². The molecule has 28 heavy (non-hydrogen) atoms. The standard InChI is InChI=1S/C21H24N4O2S/c1-22-21(27)13-3-6-15(7-4-13)24-17-10-20(26)25(2)18-8-5-14(9-16(17)18)19-11-23-12-28-19/h5,8-13,15,24H,3-4,6-7H2,1-2H3,(H,22,27)/t13-,15-. The molecule has 0 aliphatic heterocycles. The van der Waals surface area contributed by atoms with Gasteiger partial charge in [-0.1, -0.05) is 6.07 Å². The van der Waals surface area contributed by atoms with Crippen LogP contribution in [0.4, 0.5) is 5.69 Å². The summed E-state index contributed by atoms with van der Waals surface area (Å²) in [7, 11) is 3.49. The van der Waals surface area contributed by atoms with Crippen LogP contribution in [0.15, 0.2) is 40.8 Å². The van der Waals surface area contributed by atoms with E-state index in [1.165, 1.54) is 0 Å². The SMILES string of the molecule is CNC(=O)[C@H]1CC[C@H](Nc2cc(=O)n(C)c3ccc(-c4cncs4)cc23)CC1. The van der Waals surface area contributed by atoms with Crippen LogP contribution >= 0.6 is 11.3 Å². The van der Waals surface area contributed by atoms with E-state index in [0.717, 1.165) is 52.7 Å². The summed E-state index contributed by atoms with van der Waals surface area (Å²) < 4.78 is 1.68. The second-order valence-electron chi connectivity index (χ2n) is 7.36. The number of rotatable bonds is 4. The van der Waals surface area contributed by atoms with Gasteiger partial charge in [-0.05, 0) is 43.4 Å². The summed E-state index contributed by atoms with van der Waals surface area (Å²) in [5.74, 6) is 0.230. The molecule has 2 N–H and O–H groups in total. The van der Waals surface area contributed by atoms with E-state index >= 15 is 0 Å². The minimum atomic E-state index is -0.0282. The van der Waals surface area contributed by atoms with Crippen molar-refractivity contribution in [2.24, 2.45) is 13.0 Å². The second kappa shape index (κ2) is 7.75. The number of hydrogen-bond donors (Lipinski definition) is 2. The van der Waals surface area contributed by atoms with Gasteiger partial charge in [0, 0.05) is 49.4 Å². The van der Waals surface area contributed by atoms with E-state index in [1.807, 2.05) is 23.8 Å². The van der Waals surface area contributed by atoms with Gasteiger partial charge in [-0.25, -0.2) is 0 Å². The summed E-state index contributed by atoms with van der Waals surface area (Å²) >= 11 is 1.60. The van der Waals surface area contributed by atoms with Gasteiger partial charge in [0.05, 0.1) is 15.9 Å². The van der Waals surface area contributed by atoms with Crippen molar-refractivity contribution in [3.05, 3.63) is 46.3 Å². The molecule has 3 aromatic rings. The number of nitrogens with zero attached hydrogens (tertiary/aromatic N) is 2. The number of carbonyl (C=O) groups excluding carboxylic acids is 1. The molecule has 0 unspecified atom stereocenters. The summed E-state index contributed by atoms with van der Waals surface area (Å²) in [6.07, 6.45) is 5.44. The van der Waals surface area contributed by atoms with Crippen LogP contribution in [0.3, 0.4) is 0 Å². The lowest BCUT2D eigenvalue weighted by molar-refractivity contribution is -0.125. The van der Waals surface area contributed by atoms with E-state index in [0.29, 0.717) is 0 Å². The van der Waals surface area contributed by atoms with Gasteiger partial charge in [0.1, 0.15) is 0 Å². The fourth-order valence-corrected chi connectivity index (χ4v) is 4.64. The number of amides is 1. The molecule has 1 fully saturated rings. The maximum atomic E-state index is 12.5. The van der Waals surface area contributed by atoms with Crippen molar-refractivity contribution in [3.8, 4) is 10.4 Å². The first-order valence-corrected chi connectivity index (χ1v) is 10.5. The lowest BCUT2D eigenvalue weighted by Crippen LogP contribution is -2.34. The molecule has 2 aromatic heterocycles. The maximum Gasteiger partial charge on any atom is 0.252 e. The highest BCUT2D eigenvalue weighted by Gasteiger charge is 2.26. The van der Waals surface area contributed by atoms with Crippen molar-refractivity contribution in [2.45, 2.75) is 31.7 Å². The van der Waals surface area contributed by atoms with E-state index < -0.39 is 0 Å². The largest absolute Gasteiger partial charge is 0.382 e. The normalized spacial score (nSPS) is 19.5. The van der Waals surface area contributed by atoms with Gasteiger partial charge in [0.25, 0.3) is 5.56 Å². The third-order valence-corrected chi connectivity index (χ3v) is 6.49. The number of anilines is 1. The monoisotopic (exact) mass is 396 g/mol. The van der Waals surface area contributed by atoms with E-state index in [9.17, 15) is 9.59 Å². The lowest BCUT2D eigenvalue weighted by atomic mass is 9.85. The Bertz CT molecular complexity index is 1050. The van der Waals surface area contributed by atoms with Crippen LogP contribution in [0.1, 0.15) is 25.7 Å². The zero-order valence-electron chi connectivity index (χ0n) is 16.1. The molecule has 7 heteroatoms. The Morgan fingerprint density at radius 3 is 2.68 bits per heavy atom. The number of carbonyl (C=O) groups is 1. The quantitative estimate of drug-likeness (QED) is 0.709. The van der Waals surface area contributed by atoms with Gasteiger partial charge in [-0.15, -0.1) is 11.3 Å². The van der Waals surface area contributed by atoms with E-state index in [2.05, 4.69) is 21.7 Å². The van der Waals surface area contributed by atoms with E-state index in [1.54, 1.807) is 36.1 Å². The van der Waals surface area contributed by atoms with Crippen molar-refractivity contribution >= 4 is 33.8 Å². The topological polar surface area (TPSA) is 76.0 Å². The molecule has 6 nitrogen and oxygen atoms in total. The summed E-state index contributed by atoms with van der Waals surface area (Å²) in [6, 6.07) is 8.11. The molecule has 0 spiro atoms. The molecule has 0 saturated heterocycles. The summed E-state index contributed by atoms with van der Waals surface area (Å²) in [4.78, 5) is 29.6. The molecule has 4 rings (SSSR count). The van der Waals surface area contributed by atoms with Crippen molar-refractivity contribution in [3.63, 3.8) is 0 Å². The molecular weight excluding hydrogens is 372 g/mol. The van der Waals surface area contributed by atoms with Crippen LogP contribution in [0, 0.1) is 5.92 Å². The number of nitrogens with one attached hydrogen (secondary N) is 2. The molecule has 146 valence electrons. The predicted octanol–water partition coefficient (Wildman–Crippen LogP) is 3.38. The molecular formula is C21H24N4O2S. The molecule has 0 bridgehead atoms. The number of thiazole rings is 1. The first kappa shape index (κ1) is 18.7. The average molecular weight is 397 g/mol. The molecule has 0 atom stereocenters. The fourth-order valence-electron chi connectivity index (χ4n) is 4.02. The maximum absolute atomic E-state index is 12.5. The molecule has 1 saturated carbocycles. The van der Waals surface area contributed by atoms with Gasteiger partial charge in [0.2, 0.25) is 5.91 Å². The zero-order valence-corrected chi connectivity index (χ0v) is 16.9. The van der Waals surface area contributed by atoms with Gasteiger partial charge in [-0.2, -0.15) is 0 Å². The first-order valence-electron chi connectivity index (χ1n) is 9.57. The summed E-state index contributed by atoms with van der Waals surface area (Å²) in [5.41, 5.74) is 4.67. The molecule has 1 amide bonds. The third-order valence-electron chi connectivity index (χ3n) is 5.67. The Morgan fingerprint density at radius 1 is 1.21 bits per heavy atom. The van der Waals surface area contributed by atoms with Gasteiger partial charge >= 0.3 is 0 Å². The molecule has 0 radical (unpaired) electrons. The van der Waals surface area contributed by atoms with Crippen LogP contribution in [-0.2, 0) is 11.8 Å². The zero-order chi connectivity index (χ0) is 19.7. The van der Waals surface area contributed by atoms with Gasteiger partial charge < -0.3 is 15.2 Å². The minimum absolute atomic E-state index is 0.0282. The van der Waals surface area contributed by atoms with Crippen LogP contribution in [-0.4, -0.2) is 28.5 Å².